The Labute approximate surface area is 110 Å². The standard InChI is InChI=1S/C14H14OS2/c1-11-3-2-4-14(7-11)17-10-13(15)8-12-5-6-16-9-12/h2-7,9H,8,10H2,1H3. The van der Waals surface area contributed by atoms with Crippen molar-refractivity contribution in [3.05, 3.63) is 52.2 Å². The van der Waals surface area contributed by atoms with Crippen LogP contribution in [0.1, 0.15) is 11.1 Å². The molecule has 0 saturated carbocycles. The maximum atomic E-state index is 11.8. The number of thioether (sulfide) groups is 1. The Morgan fingerprint density at radius 2 is 2.24 bits per heavy atom. The molecule has 0 atom stereocenters. The fourth-order valence-corrected chi connectivity index (χ4v) is 3.08. The summed E-state index contributed by atoms with van der Waals surface area (Å²) >= 11 is 3.26. The average molecular weight is 262 g/mol. The van der Waals surface area contributed by atoms with Gasteiger partial charge in [0.2, 0.25) is 0 Å². The van der Waals surface area contributed by atoms with E-state index in [2.05, 4.69) is 25.1 Å². The van der Waals surface area contributed by atoms with E-state index < -0.39 is 0 Å². The summed E-state index contributed by atoms with van der Waals surface area (Å²) in [4.78, 5) is 12.9. The third-order valence-corrected chi connectivity index (χ3v) is 4.16. The normalized spacial score (nSPS) is 10.4. The van der Waals surface area contributed by atoms with Gasteiger partial charge < -0.3 is 0 Å². The Balaban J connectivity index is 1.84. The smallest absolute Gasteiger partial charge is 0.147 e. The lowest BCUT2D eigenvalue weighted by atomic mass is 10.2. The summed E-state index contributed by atoms with van der Waals surface area (Å²) in [5.74, 6) is 0.842. The number of rotatable bonds is 5. The summed E-state index contributed by atoms with van der Waals surface area (Å²) in [7, 11) is 0. The van der Waals surface area contributed by atoms with Crippen molar-refractivity contribution in [2.45, 2.75) is 18.2 Å². The van der Waals surface area contributed by atoms with Crippen LogP contribution in [0.2, 0.25) is 0 Å². The van der Waals surface area contributed by atoms with Crippen molar-refractivity contribution < 1.29 is 4.79 Å². The van der Waals surface area contributed by atoms with Crippen molar-refractivity contribution in [2.24, 2.45) is 0 Å². The van der Waals surface area contributed by atoms with Crippen LogP contribution in [0.5, 0.6) is 0 Å². The highest BCUT2D eigenvalue weighted by Crippen LogP contribution is 2.19. The third kappa shape index (κ3) is 4.02. The molecule has 0 amide bonds. The largest absolute Gasteiger partial charge is 0.298 e. The van der Waals surface area contributed by atoms with Gasteiger partial charge in [-0.05, 0) is 41.4 Å². The third-order valence-electron chi connectivity index (χ3n) is 2.37. The van der Waals surface area contributed by atoms with Crippen molar-refractivity contribution in [1.82, 2.24) is 0 Å². The van der Waals surface area contributed by atoms with Crippen molar-refractivity contribution in [2.75, 3.05) is 5.75 Å². The number of thiophene rings is 1. The molecule has 1 aromatic heterocycles. The molecule has 0 bridgehead atoms. The van der Waals surface area contributed by atoms with Gasteiger partial charge in [0, 0.05) is 11.3 Å². The maximum Gasteiger partial charge on any atom is 0.147 e. The highest BCUT2D eigenvalue weighted by atomic mass is 32.2. The first-order valence-electron chi connectivity index (χ1n) is 5.46. The summed E-state index contributed by atoms with van der Waals surface area (Å²) in [6.45, 7) is 2.07. The van der Waals surface area contributed by atoms with Gasteiger partial charge in [-0.1, -0.05) is 17.7 Å². The second kappa shape index (κ2) is 6.03. The van der Waals surface area contributed by atoms with Crippen LogP contribution in [-0.4, -0.2) is 11.5 Å². The van der Waals surface area contributed by atoms with E-state index in [1.54, 1.807) is 23.1 Å². The molecule has 1 heterocycles. The molecule has 88 valence electrons. The molecule has 2 aromatic rings. The molecule has 1 aromatic carbocycles. The summed E-state index contributed by atoms with van der Waals surface area (Å²) in [5, 5.41) is 4.05. The van der Waals surface area contributed by atoms with Crippen molar-refractivity contribution >= 4 is 28.9 Å². The Hall–Kier alpha value is -1.06. The van der Waals surface area contributed by atoms with Crippen molar-refractivity contribution in [3.63, 3.8) is 0 Å². The number of ketones is 1. The Bertz CT molecular complexity index is 489. The topological polar surface area (TPSA) is 17.1 Å². The van der Waals surface area contributed by atoms with Gasteiger partial charge in [0.05, 0.1) is 5.75 Å². The molecule has 0 aliphatic carbocycles. The molecule has 0 aliphatic rings. The summed E-state index contributed by atoms with van der Waals surface area (Å²) in [5.41, 5.74) is 2.37. The number of Topliss-reactive ketones (excluding diaryl/α,β-unsaturated/α-hetero) is 1. The van der Waals surface area contributed by atoms with Crippen LogP contribution >= 0.6 is 23.1 Å². The molecule has 0 aliphatic heterocycles. The van der Waals surface area contributed by atoms with Crippen LogP contribution in [0.3, 0.4) is 0 Å². The first-order chi connectivity index (χ1) is 8.24. The van der Waals surface area contributed by atoms with Gasteiger partial charge in [0.1, 0.15) is 5.78 Å². The zero-order chi connectivity index (χ0) is 12.1. The van der Waals surface area contributed by atoms with Crippen LogP contribution < -0.4 is 0 Å². The second-order valence-electron chi connectivity index (χ2n) is 3.95. The van der Waals surface area contributed by atoms with Crippen LogP contribution in [0, 0.1) is 6.92 Å². The van der Waals surface area contributed by atoms with E-state index in [0.717, 1.165) is 5.56 Å². The van der Waals surface area contributed by atoms with Gasteiger partial charge in [-0.2, -0.15) is 11.3 Å². The highest BCUT2D eigenvalue weighted by molar-refractivity contribution is 8.00. The molecule has 0 N–H and O–H groups in total. The van der Waals surface area contributed by atoms with E-state index >= 15 is 0 Å². The maximum absolute atomic E-state index is 11.8. The fraction of sp³-hybridized carbons (Fsp3) is 0.214. The van der Waals surface area contributed by atoms with Gasteiger partial charge in [-0.15, -0.1) is 11.8 Å². The molecule has 17 heavy (non-hydrogen) atoms. The zero-order valence-electron chi connectivity index (χ0n) is 9.68. The molecule has 0 unspecified atom stereocenters. The first kappa shape index (κ1) is 12.4. The molecule has 1 nitrogen and oxygen atoms in total. The Morgan fingerprint density at radius 1 is 1.35 bits per heavy atom. The number of carbonyl (C=O) groups excluding carboxylic acids is 1. The summed E-state index contributed by atoms with van der Waals surface area (Å²) in [6.07, 6.45) is 0.558. The monoisotopic (exact) mass is 262 g/mol. The van der Waals surface area contributed by atoms with Gasteiger partial charge in [-0.25, -0.2) is 0 Å². The van der Waals surface area contributed by atoms with Crippen molar-refractivity contribution in [3.8, 4) is 0 Å². The number of aryl methyl sites for hydroxylation is 1. The molecular formula is C14H14OS2. The molecular weight excluding hydrogens is 248 g/mol. The Morgan fingerprint density at radius 3 is 2.94 bits per heavy atom. The number of carbonyl (C=O) groups is 1. The van der Waals surface area contributed by atoms with E-state index in [0.29, 0.717) is 12.2 Å². The second-order valence-corrected chi connectivity index (χ2v) is 5.78. The first-order valence-corrected chi connectivity index (χ1v) is 7.39. The van der Waals surface area contributed by atoms with E-state index in [-0.39, 0.29) is 5.78 Å². The minimum absolute atomic E-state index is 0.287. The Kier molecular flexibility index (Phi) is 4.40. The van der Waals surface area contributed by atoms with Crippen LogP contribution in [-0.2, 0) is 11.2 Å². The van der Waals surface area contributed by atoms with Crippen LogP contribution in [0.15, 0.2) is 46.0 Å². The molecule has 0 fully saturated rings. The SMILES string of the molecule is Cc1cccc(SCC(=O)Cc2ccsc2)c1. The highest BCUT2D eigenvalue weighted by Gasteiger charge is 2.05. The van der Waals surface area contributed by atoms with Gasteiger partial charge in [0.15, 0.2) is 0 Å². The molecule has 3 heteroatoms. The molecule has 2 rings (SSSR count). The van der Waals surface area contributed by atoms with Crippen LogP contribution in [0.4, 0.5) is 0 Å². The molecule has 0 radical (unpaired) electrons. The summed E-state index contributed by atoms with van der Waals surface area (Å²) in [6, 6.07) is 10.3. The minimum atomic E-state index is 0.287. The average Bonchev–Trinajstić information content (AvgIpc) is 2.79. The van der Waals surface area contributed by atoms with Gasteiger partial charge >= 0.3 is 0 Å². The quantitative estimate of drug-likeness (QED) is 0.759. The predicted octanol–water partition coefficient (Wildman–Crippen LogP) is 3.96. The van der Waals surface area contributed by atoms with Crippen molar-refractivity contribution in [1.29, 1.82) is 0 Å². The van der Waals surface area contributed by atoms with E-state index in [4.69, 9.17) is 0 Å². The molecule has 0 spiro atoms. The summed E-state index contributed by atoms with van der Waals surface area (Å²) < 4.78 is 0. The molecule has 0 saturated heterocycles. The lowest BCUT2D eigenvalue weighted by Gasteiger charge is -2.01. The number of benzene rings is 1. The van der Waals surface area contributed by atoms with Gasteiger partial charge in [-0.3, -0.25) is 4.79 Å². The van der Waals surface area contributed by atoms with E-state index in [1.165, 1.54) is 10.5 Å². The van der Waals surface area contributed by atoms with Gasteiger partial charge in [0.25, 0.3) is 0 Å². The van der Waals surface area contributed by atoms with E-state index in [9.17, 15) is 4.79 Å². The fourth-order valence-electron chi connectivity index (χ4n) is 1.54. The predicted molar refractivity (Wildman–Crippen MR) is 74.9 cm³/mol. The van der Waals surface area contributed by atoms with Crippen LogP contribution in [0.25, 0.3) is 0 Å². The number of hydrogen-bond acceptors (Lipinski definition) is 3. The zero-order valence-corrected chi connectivity index (χ0v) is 11.3. The lowest BCUT2D eigenvalue weighted by molar-refractivity contribution is -0.115. The minimum Gasteiger partial charge on any atom is -0.298 e. The lowest BCUT2D eigenvalue weighted by Crippen LogP contribution is -2.04. The number of hydrogen-bond donors (Lipinski definition) is 0. The van der Waals surface area contributed by atoms with E-state index in [1.807, 2.05) is 22.9 Å².